The van der Waals surface area contributed by atoms with E-state index in [1.807, 2.05) is 37.4 Å². The molecule has 0 aliphatic rings. The van der Waals surface area contributed by atoms with Crippen LogP contribution in [0.4, 0.5) is 11.4 Å². The predicted octanol–water partition coefficient (Wildman–Crippen LogP) is 3.51. The maximum absolute atomic E-state index is 12.7. The SMILES string of the molecule is CSc1ccccc1NC(=O)[C@H](C)N(c1cccc(C)c1)S(C)(=O)=O. The average Bonchev–Trinajstić information content (AvgIpc) is 2.54. The molecular weight excluding hydrogens is 356 g/mol. The van der Waals surface area contributed by atoms with Gasteiger partial charge in [0.2, 0.25) is 15.9 Å². The summed E-state index contributed by atoms with van der Waals surface area (Å²) < 4.78 is 25.8. The third-order valence-corrected chi connectivity index (χ3v) is 5.75. The number of hydrogen-bond donors (Lipinski definition) is 1. The Balaban J connectivity index is 2.33. The molecule has 25 heavy (non-hydrogen) atoms. The average molecular weight is 379 g/mol. The van der Waals surface area contributed by atoms with E-state index in [2.05, 4.69) is 5.32 Å². The van der Waals surface area contributed by atoms with Gasteiger partial charge >= 0.3 is 0 Å². The summed E-state index contributed by atoms with van der Waals surface area (Å²) in [5.41, 5.74) is 2.07. The second kappa shape index (κ2) is 7.93. The fraction of sp³-hybridized carbons (Fsp3) is 0.278. The van der Waals surface area contributed by atoms with Gasteiger partial charge in [-0.1, -0.05) is 24.3 Å². The number of rotatable bonds is 6. The minimum absolute atomic E-state index is 0.381. The van der Waals surface area contributed by atoms with Crippen LogP contribution in [0, 0.1) is 6.92 Å². The van der Waals surface area contributed by atoms with Crippen molar-refractivity contribution in [3.8, 4) is 0 Å². The third-order valence-electron chi connectivity index (χ3n) is 3.71. The van der Waals surface area contributed by atoms with Crippen molar-refractivity contribution < 1.29 is 13.2 Å². The van der Waals surface area contributed by atoms with Gasteiger partial charge in [-0.15, -0.1) is 11.8 Å². The van der Waals surface area contributed by atoms with Gasteiger partial charge in [0.1, 0.15) is 6.04 Å². The normalized spacial score (nSPS) is 12.5. The molecule has 2 aromatic rings. The molecule has 0 spiro atoms. The summed E-state index contributed by atoms with van der Waals surface area (Å²) in [6.45, 7) is 3.46. The number of thioether (sulfide) groups is 1. The van der Waals surface area contributed by atoms with Crippen LogP contribution in [0.3, 0.4) is 0 Å². The smallest absolute Gasteiger partial charge is 0.248 e. The van der Waals surface area contributed by atoms with Crippen LogP contribution in [0.25, 0.3) is 0 Å². The number of anilines is 2. The second-order valence-corrected chi connectivity index (χ2v) is 8.47. The van der Waals surface area contributed by atoms with Crippen molar-refractivity contribution in [1.82, 2.24) is 0 Å². The fourth-order valence-electron chi connectivity index (χ4n) is 2.56. The molecule has 0 aliphatic carbocycles. The Kier molecular flexibility index (Phi) is 6.13. The Bertz CT molecular complexity index is 866. The lowest BCUT2D eigenvalue weighted by Crippen LogP contribution is -2.45. The van der Waals surface area contributed by atoms with E-state index in [1.54, 1.807) is 31.2 Å². The first-order valence-electron chi connectivity index (χ1n) is 7.74. The maximum Gasteiger partial charge on any atom is 0.248 e. The first-order valence-corrected chi connectivity index (χ1v) is 10.8. The quantitative estimate of drug-likeness (QED) is 0.781. The molecule has 0 saturated heterocycles. The highest BCUT2D eigenvalue weighted by molar-refractivity contribution is 7.98. The van der Waals surface area contributed by atoms with Gasteiger partial charge < -0.3 is 5.32 Å². The molecule has 0 aliphatic heterocycles. The standard InChI is InChI=1S/C18H22N2O3S2/c1-13-8-7-9-15(12-13)20(25(4,22)23)14(2)18(21)19-16-10-5-6-11-17(16)24-3/h5-12,14H,1-4H3,(H,19,21)/t14-/m0/s1. The van der Waals surface area contributed by atoms with E-state index < -0.39 is 16.1 Å². The Morgan fingerprint density at radius 3 is 2.44 bits per heavy atom. The summed E-state index contributed by atoms with van der Waals surface area (Å²) in [4.78, 5) is 13.6. The lowest BCUT2D eigenvalue weighted by atomic mass is 10.2. The van der Waals surface area contributed by atoms with Gasteiger partial charge in [0.05, 0.1) is 17.6 Å². The van der Waals surface area contributed by atoms with Crippen LogP contribution in [0.15, 0.2) is 53.4 Å². The van der Waals surface area contributed by atoms with Crippen LogP contribution in [0.5, 0.6) is 0 Å². The fourth-order valence-corrected chi connectivity index (χ4v) is 4.28. The van der Waals surface area contributed by atoms with Crippen LogP contribution in [-0.2, 0) is 14.8 Å². The Morgan fingerprint density at radius 2 is 1.84 bits per heavy atom. The van der Waals surface area contributed by atoms with E-state index in [0.29, 0.717) is 11.4 Å². The van der Waals surface area contributed by atoms with Crippen LogP contribution in [0.2, 0.25) is 0 Å². The van der Waals surface area contributed by atoms with E-state index in [1.165, 1.54) is 11.8 Å². The largest absolute Gasteiger partial charge is 0.323 e. The maximum atomic E-state index is 12.7. The van der Waals surface area contributed by atoms with Gasteiger partial charge in [0, 0.05) is 4.90 Å². The van der Waals surface area contributed by atoms with Crippen molar-refractivity contribution in [2.75, 3.05) is 22.1 Å². The third kappa shape index (κ3) is 4.76. The zero-order chi connectivity index (χ0) is 18.6. The van der Waals surface area contributed by atoms with Crippen molar-refractivity contribution in [2.24, 2.45) is 0 Å². The Labute approximate surface area is 153 Å². The molecule has 7 heteroatoms. The van der Waals surface area contributed by atoms with E-state index in [4.69, 9.17) is 0 Å². The molecular formula is C18H22N2O3S2. The molecule has 0 fully saturated rings. The highest BCUT2D eigenvalue weighted by Crippen LogP contribution is 2.26. The summed E-state index contributed by atoms with van der Waals surface area (Å²) in [5, 5.41) is 2.83. The van der Waals surface area contributed by atoms with Crippen LogP contribution >= 0.6 is 11.8 Å². The molecule has 0 unspecified atom stereocenters. The monoisotopic (exact) mass is 378 g/mol. The van der Waals surface area contributed by atoms with Crippen LogP contribution < -0.4 is 9.62 Å². The van der Waals surface area contributed by atoms with E-state index in [9.17, 15) is 13.2 Å². The number of benzene rings is 2. The number of aryl methyl sites for hydroxylation is 1. The summed E-state index contributed by atoms with van der Waals surface area (Å²) >= 11 is 1.51. The molecule has 1 amide bonds. The molecule has 1 N–H and O–H groups in total. The lowest BCUT2D eigenvalue weighted by Gasteiger charge is -2.28. The highest BCUT2D eigenvalue weighted by Gasteiger charge is 2.29. The van der Waals surface area contributed by atoms with E-state index in [0.717, 1.165) is 21.0 Å². The molecule has 2 aromatic carbocycles. The van der Waals surface area contributed by atoms with Gasteiger partial charge in [-0.25, -0.2) is 8.42 Å². The highest BCUT2D eigenvalue weighted by atomic mass is 32.2. The zero-order valence-corrected chi connectivity index (χ0v) is 16.3. The number of sulfonamides is 1. The summed E-state index contributed by atoms with van der Waals surface area (Å²) in [5.74, 6) is -0.381. The number of nitrogens with zero attached hydrogens (tertiary/aromatic N) is 1. The molecule has 134 valence electrons. The minimum atomic E-state index is -3.62. The van der Waals surface area contributed by atoms with Gasteiger partial charge in [-0.05, 0) is 49.9 Å². The van der Waals surface area contributed by atoms with Crippen molar-refractivity contribution in [3.05, 3.63) is 54.1 Å². The number of hydrogen-bond acceptors (Lipinski definition) is 4. The van der Waals surface area contributed by atoms with Crippen LogP contribution in [0.1, 0.15) is 12.5 Å². The number of carbonyl (C=O) groups excluding carboxylic acids is 1. The summed E-state index contributed by atoms with van der Waals surface area (Å²) in [7, 11) is -3.62. The molecule has 0 heterocycles. The predicted molar refractivity (Wildman–Crippen MR) is 105 cm³/mol. The zero-order valence-electron chi connectivity index (χ0n) is 14.7. The van der Waals surface area contributed by atoms with Gasteiger partial charge in [0.15, 0.2) is 0 Å². The van der Waals surface area contributed by atoms with Crippen molar-refractivity contribution in [3.63, 3.8) is 0 Å². The molecule has 0 saturated carbocycles. The molecule has 1 atom stereocenters. The number of amides is 1. The van der Waals surface area contributed by atoms with Crippen molar-refractivity contribution >= 4 is 39.1 Å². The van der Waals surface area contributed by atoms with Gasteiger partial charge in [-0.3, -0.25) is 9.10 Å². The summed E-state index contributed by atoms with van der Waals surface area (Å²) in [6, 6.07) is 13.6. The Hall–Kier alpha value is -1.99. The van der Waals surface area contributed by atoms with E-state index >= 15 is 0 Å². The topological polar surface area (TPSA) is 66.5 Å². The molecule has 0 bridgehead atoms. The number of nitrogens with one attached hydrogen (secondary N) is 1. The van der Waals surface area contributed by atoms with Gasteiger partial charge in [-0.2, -0.15) is 0 Å². The molecule has 5 nitrogen and oxygen atoms in total. The number of carbonyl (C=O) groups is 1. The Morgan fingerprint density at radius 1 is 1.16 bits per heavy atom. The van der Waals surface area contributed by atoms with Crippen molar-refractivity contribution in [2.45, 2.75) is 24.8 Å². The van der Waals surface area contributed by atoms with E-state index in [-0.39, 0.29) is 5.91 Å². The molecule has 0 aromatic heterocycles. The lowest BCUT2D eigenvalue weighted by molar-refractivity contribution is -0.116. The first-order chi connectivity index (χ1) is 11.7. The minimum Gasteiger partial charge on any atom is -0.323 e. The molecule has 0 radical (unpaired) electrons. The van der Waals surface area contributed by atoms with Gasteiger partial charge in [0.25, 0.3) is 0 Å². The van der Waals surface area contributed by atoms with Crippen molar-refractivity contribution in [1.29, 1.82) is 0 Å². The molecule has 2 rings (SSSR count). The first kappa shape index (κ1) is 19.3. The second-order valence-electron chi connectivity index (χ2n) is 5.76. The van der Waals surface area contributed by atoms with Crippen LogP contribution in [-0.4, -0.2) is 32.9 Å². The summed E-state index contributed by atoms with van der Waals surface area (Å²) in [6.07, 6.45) is 3.03. The number of para-hydroxylation sites is 1.